The highest BCUT2D eigenvalue weighted by Crippen LogP contribution is 2.10. The number of carbonyl (C=O) groups excluding carboxylic acids is 1. The van der Waals surface area contributed by atoms with Gasteiger partial charge in [-0.2, -0.15) is 0 Å². The Labute approximate surface area is 113 Å². The van der Waals surface area contributed by atoms with Crippen LogP contribution in [0.3, 0.4) is 0 Å². The minimum Gasteiger partial charge on any atom is -0.289 e. The number of unbranched alkanes of at least 4 members (excludes halogenated alkanes) is 10. The third-order valence-corrected chi connectivity index (χ3v) is 2.94. The molecule has 0 rings (SSSR count). The quantitative estimate of drug-likeness (QED) is 0.315. The summed E-state index contributed by atoms with van der Waals surface area (Å²) in [5.74, 6) is 10.4. The van der Waals surface area contributed by atoms with Gasteiger partial charge in [-0.15, -0.1) is 0 Å². The molecule has 0 aromatic heterocycles. The average molecular weight is 246 g/mol. The van der Waals surface area contributed by atoms with E-state index in [1.165, 1.54) is 57.8 Å². The van der Waals surface area contributed by atoms with Gasteiger partial charge < -0.3 is 0 Å². The first-order valence-corrected chi connectivity index (χ1v) is 7.34. The Morgan fingerprint density at radius 2 is 1.33 bits per heavy atom. The summed E-state index contributed by atoms with van der Waals surface area (Å²) in [5, 5.41) is 0. The maximum atomic E-state index is 9.88. The molecule has 0 unspecified atom stereocenters. The number of aldehydes is 1. The van der Waals surface area contributed by atoms with Crippen LogP contribution in [0.15, 0.2) is 0 Å². The fourth-order valence-corrected chi connectivity index (χ4v) is 1.87. The normalized spacial score (nSPS) is 8.94. The van der Waals surface area contributed by atoms with Crippen molar-refractivity contribution in [2.24, 2.45) is 0 Å². The Hall–Kier alpha value is -1.21. The van der Waals surface area contributed by atoms with E-state index in [0.29, 0.717) is 6.29 Å². The third kappa shape index (κ3) is 14.8. The summed E-state index contributed by atoms with van der Waals surface area (Å²) < 4.78 is 0. The van der Waals surface area contributed by atoms with E-state index >= 15 is 0 Å². The van der Waals surface area contributed by atoms with E-state index in [4.69, 9.17) is 0 Å². The Bertz CT molecular complexity index is 295. The zero-order valence-electron chi connectivity index (χ0n) is 11.8. The van der Waals surface area contributed by atoms with Gasteiger partial charge in [-0.25, -0.2) is 0 Å². The van der Waals surface area contributed by atoms with Crippen LogP contribution in [0.1, 0.15) is 77.6 Å². The van der Waals surface area contributed by atoms with Crippen molar-refractivity contribution >= 4 is 6.29 Å². The summed E-state index contributed by atoms with van der Waals surface area (Å²) in [4.78, 5) is 9.88. The molecule has 0 N–H and O–H groups in total. The fourth-order valence-electron chi connectivity index (χ4n) is 1.87. The molecule has 0 spiro atoms. The summed E-state index contributed by atoms with van der Waals surface area (Å²) in [6.45, 7) is 2.26. The van der Waals surface area contributed by atoms with Crippen LogP contribution in [0.2, 0.25) is 0 Å². The van der Waals surface area contributed by atoms with Crippen molar-refractivity contribution in [3.63, 3.8) is 0 Å². The molecule has 0 radical (unpaired) electrons. The number of hydrogen-bond acceptors (Lipinski definition) is 1. The van der Waals surface area contributed by atoms with E-state index in [9.17, 15) is 4.79 Å². The van der Waals surface area contributed by atoms with Gasteiger partial charge >= 0.3 is 0 Å². The molecule has 0 aliphatic carbocycles. The van der Waals surface area contributed by atoms with Crippen LogP contribution in [-0.2, 0) is 4.79 Å². The van der Waals surface area contributed by atoms with Gasteiger partial charge in [0.15, 0.2) is 6.29 Å². The van der Waals surface area contributed by atoms with Gasteiger partial charge in [0.05, 0.1) is 0 Å². The number of carbonyl (C=O) groups is 1. The highest BCUT2D eigenvalue weighted by Gasteiger charge is 1.91. The van der Waals surface area contributed by atoms with Gasteiger partial charge in [0.1, 0.15) is 0 Å². The van der Waals surface area contributed by atoms with Gasteiger partial charge in [0.25, 0.3) is 0 Å². The second-order valence-corrected chi connectivity index (χ2v) is 4.62. The van der Waals surface area contributed by atoms with Crippen LogP contribution < -0.4 is 0 Å². The zero-order chi connectivity index (χ0) is 13.3. The highest BCUT2D eigenvalue weighted by molar-refractivity contribution is 5.73. The molecule has 1 nitrogen and oxygen atoms in total. The molecule has 0 aromatic rings. The van der Waals surface area contributed by atoms with Crippen LogP contribution in [0.4, 0.5) is 0 Å². The molecular formula is C17H26O. The van der Waals surface area contributed by atoms with Crippen LogP contribution in [-0.4, -0.2) is 6.29 Å². The van der Waals surface area contributed by atoms with Gasteiger partial charge in [-0.1, -0.05) is 70.6 Å². The zero-order valence-corrected chi connectivity index (χ0v) is 11.8. The molecule has 0 saturated heterocycles. The van der Waals surface area contributed by atoms with Crippen molar-refractivity contribution in [1.29, 1.82) is 0 Å². The van der Waals surface area contributed by atoms with Crippen LogP contribution in [0.25, 0.3) is 0 Å². The Morgan fingerprint density at radius 3 is 1.89 bits per heavy atom. The van der Waals surface area contributed by atoms with E-state index in [0.717, 1.165) is 12.8 Å². The summed E-state index contributed by atoms with van der Waals surface area (Å²) in [6.07, 6.45) is 14.9. The molecule has 0 amide bonds. The van der Waals surface area contributed by atoms with E-state index < -0.39 is 0 Å². The monoisotopic (exact) mass is 246 g/mol. The lowest BCUT2D eigenvalue weighted by atomic mass is 10.1. The van der Waals surface area contributed by atoms with Gasteiger partial charge in [-0.05, 0) is 24.2 Å². The summed E-state index contributed by atoms with van der Waals surface area (Å²) in [5.41, 5.74) is 0. The molecule has 1 heteroatoms. The van der Waals surface area contributed by atoms with Crippen molar-refractivity contribution in [3.8, 4) is 23.7 Å². The van der Waals surface area contributed by atoms with Crippen LogP contribution in [0, 0.1) is 23.7 Å². The summed E-state index contributed by atoms with van der Waals surface area (Å²) >= 11 is 0. The molecule has 0 fully saturated rings. The van der Waals surface area contributed by atoms with Crippen molar-refractivity contribution < 1.29 is 4.79 Å². The summed E-state index contributed by atoms with van der Waals surface area (Å²) in [7, 11) is 0. The Balaban J connectivity index is 3.11. The molecule has 0 aliphatic rings. The van der Waals surface area contributed by atoms with E-state index in [1.54, 1.807) is 0 Å². The molecular weight excluding hydrogens is 220 g/mol. The van der Waals surface area contributed by atoms with Crippen molar-refractivity contribution in [3.05, 3.63) is 0 Å². The predicted molar refractivity (Wildman–Crippen MR) is 78.1 cm³/mol. The molecule has 0 aliphatic heterocycles. The Kier molecular flexibility index (Phi) is 14.7. The second kappa shape index (κ2) is 15.8. The largest absolute Gasteiger partial charge is 0.289 e. The van der Waals surface area contributed by atoms with E-state index in [-0.39, 0.29) is 0 Å². The van der Waals surface area contributed by atoms with Crippen LogP contribution >= 0.6 is 0 Å². The SMILES string of the molecule is CCCCCCCCCCCCC#CC#CC=O. The first-order chi connectivity index (χ1) is 8.91. The van der Waals surface area contributed by atoms with Gasteiger partial charge in [-0.3, -0.25) is 4.79 Å². The minimum absolute atomic E-state index is 0.579. The van der Waals surface area contributed by atoms with E-state index in [2.05, 4.69) is 30.6 Å². The molecule has 18 heavy (non-hydrogen) atoms. The van der Waals surface area contributed by atoms with E-state index in [1.807, 2.05) is 0 Å². The Morgan fingerprint density at radius 1 is 0.778 bits per heavy atom. The molecule has 0 atom stereocenters. The van der Waals surface area contributed by atoms with Gasteiger partial charge in [0.2, 0.25) is 0 Å². The average Bonchev–Trinajstić information content (AvgIpc) is 2.39. The second-order valence-electron chi connectivity index (χ2n) is 4.62. The third-order valence-electron chi connectivity index (χ3n) is 2.94. The molecule has 100 valence electrons. The minimum atomic E-state index is 0.579. The van der Waals surface area contributed by atoms with Crippen molar-refractivity contribution in [2.75, 3.05) is 0 Å². The van der Waals surface area contributed by atoms with Crippen LogP contribution in [0.5, 0.6) is 0 Å². The highest BCUT2D eigenvalue weighted by atomic mass is 16.1. The van der Waals surface area contributed by atoms with Gasteiger partial charge in [0, 0.05) is 6.42 Å². The maximum absolute atomic E-state index is 9.88. The molecule has 0 saturated carbocycles. The number of hydrogen-bond donors (Lipinski definition) is 0. The summed E-state index contributed by atoms with van der Waals surface area (Å²) in [6, 6.07) is 0. The van der Waals surface area contributed by atoms with Crippen molar-refractivity contribution in [1.82, 2.24) is 0 Å². The number of rotatable bonds is 10. The lowest BCUT2D eigenvalue weighted by Crippen LogP contribution is -1.81. The molecule has 0 bridgehead atoms. The topological polar surface area (TPSA) is 17.1 Å². The first-order valence-electron chi connectivity index (χ1n) is 7.34. The smallest absolute Gasteiger partial charge is 0.193 e. The predicted octanol–water partition coefficient (Wildman–Crippen LogP) is 4.50. The lowest BCUT2D eigenvalue weighted by Gasteiger charge is -2.00. The molecule has 0 heterocycles. The lowest BCUT2D eigenvalue weighted by molar-refractivity contribution is -0.103. The first kappa shape index (κ1) is 16.8. The van der Waals surface area contributed by atoms with Crippen molar-refractivity contribution in [2.45, 2.75) is 77.6 Å². The standard InChI is InChI=1S/C17H26O/c1-2-3-4-5-6-7-8-9-10-11-12-13-14-15-16-17-18/h17H,2-12H2,1H3. The molecule has 0 aromatic carbocycles. The fraction of sp³-hybridized carbons (Fsp3) is 0.706. The maximum Gasteiger partial charge on any atom is 0.193 e.